The van der Waals surface area contributed by atoms with Crippen LogP contribution in [0.1, 0.15) is 13.3 Å². The van der Waals surface area contributed by atoms with E-state index in [1.165, 1.54) is 17.7 Å². The van der Waals surface area contributed by atoms with E-state index in [2.05, 4.69) is 25.0 Å². The molecule has 1 aliphatic carbocycles. The van der Waals surface area contributed by atoms with Crippen LogP contribution in [-0.4, -0.2) is 0 Å². The van der Waals surface area contributed by atoms with Gasteiger partial charge >= 0.3 is 0 Å². The fourth-order valence-corrected chi connectivity index (χ4v) is 1.50. The summed E-state index contributed by atoms with van der Waals surface area (Å²) in [6, 6.07) is 0. The summed E-state index contributed by atoms with van der Waals surface area (Å²) in [4.78, 5) is 0. The van der Waals surface area contributed by atoms with Crippen molar-refractivity contribution in [1.29, 1.82) is 0 Å². The Morgan fingerprint density at radius 1 is 1.67 bits per heavy atom. The average Bonchev–Trinajstić information content (AvgIpc) is 2.57. The summed E-state index contributed by atoms with van der Waals surface area (Å²) in [6.45, 7) is 6.10. The molecular weight excluding hydrogens is 110 g/mol. The second kappa shape index (κ2) is 1.41. The Morgan fingerprint density at radius 2 is 2.44 bits per heavy atom. The van der Waals surface area contributed by atoms with Crippen LogP contribution >= 0.6 is 0 Å². The van der Waals surface area contributed by atoms with Crippen molar-refractivity contribution < 1.29 is 0 Å². The molecule has 0 aromatic rings. The Bertz CT molecular complexity index is 191. The lowest BCUT2D eigenvalue weighted by Gasteiger charge is -2.11. The highest BCUT2D eigenvalue weighted by atomic mass is 14.9. The molecule has 0 amide bonds. The standard InChI is InChI=1S/C8H11N/c1-5-4-9-6(2)8-3-7(5)8/h4,7-9H,2-3H2,1H3. The lowest BCUT2D eigenvalue weighted by atomic mass is 10.1. The summed E-state index contributed by atoms with van der Waals surface area (Å²) in [5.41, 5.74) is 2.71. The number of hydrogen-bond donors (Lipinski definition) is 1. The minimum absolute atomic E-state index is 0.773. The molecule has 1 N–H and O–H groups in total. The van der Waals surface area contributed by atoms with E-state index < -0.39 is 0 Å². The molecule has 9 heavy (non-hydrogen) atoms. The van der Waals surface area contributed by atoms with Crippen LogP contribution in [0.15, 0.2) is 24.0 Å². The van der Waals surface area contributed by atoms with Crippen LogP contribution < -0.4 is 5.32 Å². The van der Waals surface area contributed by atoms with Crippen LogP contribution in [0, 0.1) is 11.8 Å². The van der Waals surface area contributed by atoms with Crippen molar-refractivity contribution in [1.82, 2.24) is 5.32 Å². The SMILES string of the molecule is C=C1NC=C(C)C2CC12. The molecule has 0 radical (unpaired) electrons. The van der Waals surface area contributed by atoms with Crippen molar-refractivity contribution >= 4 is 0 Å². The first kappa shape index (κ1) is 5.10. The highest BCUT2D eigenvalue weighted by Gasteiger charge is 2.42. The first-order chi connectivity index (χ1) is 4.29. The zero-order valence-corrected chi connectivity index (χ0v) is 5.65. The third-order valence-corrected chi connectivity index (χ3v) is 2.31. The van der Waals surface area contributed by atoms with Crippen LogP contribution in [0.4, 0.5) is 0 Å². The molecule has 0 saturated heterocycles. The fraction of sp³-hybridized carbons (Fsp3) is 0.500. The highest BCUT2D eigenvalue weighted by molar-refractivity contribution is 5.27. The lowest BCUT2D eigenvalue weighted by molar-refractivity contribution is 0.767. The van der Waals surface area contributed by atoms with Gasteiger partial charge in [0.05, 0.1) is 0 Å². The Hall–Kier alpha value is -0.720. The molecular formula is C8H11N. The molecule has 1 fully saturated rings. The van der Waals surface area contributed by atoms with Crippen molar-refractivity contribution in [3.63, 3.8) is 0 Å². The molecule has 1 saturated carbocycles. The average molecular weight is 121 g/mol. The largest absolute Gasteiger partial charge is 0.365 e. The molecule has 2 atom stereocenters. The monoisotopic (exact) mass is 121 g/mol. The van der Waals surface area contributed by atoms with Gasteiger partial charge in [-0.1, -0.05) is 12.2 Å². The van der Waals surface area contributed by atoms with Gasteiger partial charge in [-0.25, -0.2) is 0 Å². The smallest absolute Gasteiger partial charge is 0.0111 e. The maximum Gasteiger partial charge on any atom is 0.0111 e. The number of fused-ring (bicyclic) bond motifs is 1. The first-order valence-electron chi connectivity index (χ1n) is 3.41. The predicted octanol–water partition coefficient (Wildman–Crippen LogP) is 1.64. The van der Waals surface area contributed by atoms with E-state index in [0.29, 0.717) is 0 Å². The van der Waals surface area contributed by atoms with E-state index in [0.717, 1.165) is 11.8 Å². The van der Waals surface area contributed by atoms with Crippen molar-refractivity contribution in [2.24, 2.45) is 11.8 Å². The van der Waals surface area contributed by atoms with Crippen LogP contribution in [-0.2, 0) is 0 Å². The van der Waals surface area contributed by atoms with Gasteiger partial charge in [-0.15, -0.1) is 0 Å². The van der Waals surface area contributed by atoms with Gasteiger partial charge < -0.3 is 5.32 Å². The topological polar surface area (TPSA) is 12.0 Å². The van der Waals surface area contributed by atoms with Gasteiger partial charge in [-0.05, 0) is 25.5 Å². The summed E-state index contributed by atoms with van der Waals surface area (Å²) in [5.74, 6) is 1.62. The first-order valence-corrected chi connectivity index (χ1v) is 3.41. The zero-order chi connectivity index (χ0) is 6.43. The quantitative estimate of drug-likeness (QED) is 0.513. The second-order valence-corrected chi connectivity index (χ2v) is 3.01. The normalized spacial score (nSPS) is 38.8. The maximum atomic E-state index is 3.92. The van der Waals surface area contributed by atoms with Gasteiger partial charge in [0.2, 0.25) is 0 Å². The molecule has 1 heterocycles. The number of rotatable bonds is 0. The highest BCUT2D eigenvalue weighted by Crippen LogP contribution is 2.49. The van der Waals surface area contributed by atoms with Crippen LogP contribution in [0.3, 0.4) is 0 Å². The van der Waals surface area contributed by atoms with Crippen molar-refractivity contribution in [3.05, 3.63) is 24.0 Å². The number of nitrogens with one attached hydrogen (secondary N) is 1. The maximum absolute atomic E-state index is 3.92. The van der Waals surface area contributed by atoms with Gasteiger partial charge in [0.25, 0.3) is 0 Å². The third kappa shape index (κ3) is 0.607. The Morgan fingerprint density at radius 3 is 3.11 bits per heavy atom. The Kier molecular flexibility index (Phi) is 0.797. The molecule has 1 aliphatic heterocycles. The van der Waals surface area contributed by atoms with Crippen LogP contribution in [0.2, 0.25) is 0 Å². The minimum atomic E-state index is 0.773. The Labute approximate surface area is 55.5 Å². The Balaban J connectivity index is 2.26. The molecule has 1 heteroatoms. The number of allylic oxidation sites excluding steroid dienone is 2. The molecule has 2 rings (SSSR count). The van der Waals surface area contributed by atoms with Crippen LogP contribution in [0.5, 0.6) is 0 Å². The van der Waals surface area contributed by atoms with Gasteiger partial charge in [-0.3, -0.25) is 0 Å². The molecule has 2 aliphatic rings. The van der Waals surface area contributed by atoms with E-state index in [1.54, 1.807) is 0 Å². The summed E-state index contributed by atoms with van der Waals surface area (Å²) in [6.07, 6.45) is 3.41. The van der Waals surface area contributed by atoms with E-state index in [9.17, 15) is 0 Å². The van der Waals surface area contributed by atoms with E-state index in [-0.39, 0.29) is 0 Å². The molecule has 0 aromatic heterocycles. The number of hydrogen-bond acceptors (Lipinski definition) is 1. The zero-order valence-electron chi connectivity index (χ0n) is 5.65. The summed E-state index contributed by atoms with van der Waals surface area (Å²) < 4.78 is 0. The molecule has 0 bridgehead atoms. The van der Waals surface area contributed by atoms with E-state index in [1.807, 2.05) is 0 Å². The van der Waals surface area contributed by atoms with Gasteiger partial charge in [0.1, 0.15) is 0 Å². The molecule has 0 aromatic carbocycles. The van der Waals surface area contributed by atoms with E-state index >= 15 is 0 Å². The summed E-state index contributed by atoms with van der Waals surface area (Å²) in [7, 11) is 0. The van der Waals surface area contributed by atoms with Crippen LogP contribution in [0.25, 0.3) is 0 Å². The summed E-state index contributed by atoms with van der Waals surface area (Å²) in [5, 5.41) is 3.17. The van der Waals surface area contributed by atoms with Gasteiger partial charge in [0.15, 0.2) is 0 Å². The van der Waals surface area contributed by atoms with E-state index in [4.69, 9.17) is 0 Å². The molecule has 0 spiro atoms. The van der Waals surface area contributed by atoms with Crippen molar-refractivity contribution in [3.8, 4) is 0 Å². The summed E-state index contributed by atoms with van der Waals surface area (Å²) >= 11 is 0. The van der Waals surface area contributed by atoms with Crippen molar-refractivity contribution in [2.75, 3.05) is 0 Å². The molecule has 2 unspecified atom stereocenters. The predicted molar refractivity (Wildman–Crippen MR) is 37.6 cm³/mol. The van der Waals surface area contributed by atoms with Gasteiger partial charge in [-0.2, -0.15) is 0 Å². The third-order valence-electron chi connectivity index (χ3n) is 2.31. The van der Waals surface area contributed by atoms with Crippen molar-refractivity contribution in [2.45, 2.75) is 13.3 Å². The molecule has 1 nitrogen and oxygen atoms in total. The molecule has 48 valence electrons. The second-order valence-electron chi connectivity index (χ2n) is 3.01. The minimum Gasteiger partial charge on any atom is -0.365 e. The lowest BCUT2D eigenvalue weighted by Crippen LogP contribution is -2.12. The fourth-order valence-electron chi connectivity index (χ4n) is 1.50. The van der Waals surface area contributed by atoms with Gasteiger partial charge in [0, 0.05) is 11.6 Å².